The Morgan fingerprint density at radius 2 is 1.68 bits per heavy atom. The average molecular weight is 251 g/mol. The van der Waals surface area contributed by atoms with E-state index in [1.54, 1.807) is 12.1 Å². The van der Waals surface area contributed by atoms with E-state index in [0.717, 1.165) is 27.7 Å². The zero-order valence-electron chi connectivity index (χ0n) is 10.5. The normalized spacial score (nSPS) is 10.8. The number of aromatic carboxylic acids is 1. The van der Waals surface area contributed by atoms with E-state index in [2.05, 4.69) is 17.1 Å². The van der Waals surface area contributed by atoms with Crippen LogP contribution in [0.3, 0.4) is 0 Å². The molecule has 0 aliphatic rings. The Morgan fingerprint density at radius 1 is 1.00 bits per heavy atom. The summed E-state index contributed by atoms with van der Waals surface area (Å²) in [4.78, 5) is 14.1. The van der Waals surface area contributed by atoms with Crippen molar-refractivity contribution in [3.63, 3.8) is 0 Å². The summed E-state index contributed by atoms with van der Waals surface area (Å²) >= 11 is 0. The van der Waals surface area contributed by atoms with Crippen molar-refractivity contribution in [1.29, 1.82) is 0 Å². The second kappa shape index (κ2) is 4.28. The zero-order valence-corrected chi connectivity index (χ0v) is 10.5. The van der Waals surface area contributed by atoms with Gasteiger partial charge in [-0.05, 0) is 48.4 Å². The Hall–Kier alpha value is -2.55. The van der Waals surface area contributed by atoms with E-state index in [1.807, 2.05) is 31.2 Å². The predicted octanol–water partition coefficient (Wildman–Crippen LogP) is 3.84. The van der Waals surface area contributed by atoms with Crippen LogP contribution in [0.25, 0.3) is 22.0 Å². The molecule has 94 valence electrons. The third kappa shape index (κ3) is 2.10. The number of hydrogen-bond donors (Lipinski definition) is 2. The highest BCUT2D eigenvalue weighted by atomic mass is 16.4. The van der Waals surface area contributed by atoms with Gasteiger partial charge in [-0.1, -0.05) is 18.2 Å². The molecule has 0 aliphatic carbocycles. The number of aromatic nitrogens is 1. The topological polar surface area (TPSA) is 53.1 Å². The Labute approximate surface area is 110 Å². The number of aryl methyl sites for hydroxylation is 1. The van der Waals surface area contributed by atoms with Crippen molar-refractivity contribution in [2.24, 2.45) is 0 Å². The van der Waals surface area contributed by atoms with Crippen molar-refractivity contribution in [2.75, 3.05) is 0 Å². The lowest BCUT2D eigenvalue weighted by atomic mass is 10.0. The van der Waals surface area contributed by atoms with Crippen LogP contribution in [0.4, 0.5) is 0 Å². The van der Waals surface area contributed by atoms with Crippen molar-refractivity contribution >= 4 is 16.9 Å². The lowest BCUT2D eigenvalue weighted by Gasteiger charge is -2.02. The molecule has 0 atom stereocenters. The van der Waals surface area contributed by atoms with E-state index in [9.17, 15) is 4.79 Å². The zero-order chi connectivity index (χ0) is 13.4. The Balaban J connectivity index is 2.05. The molecule has 3 heteroatoms. The first-order chi connectivity index (χ1) is 9.13. The van der Waals surface area contributed by atoms with Gasteiger partial charge < -0.3 is 10.1 Å². The summed E-state index contributed by atoms with van der Waals surface area (Å²) in [5.41, 5.74) is 4.66. The Bertz CT molecular complexity index is 754. The van der Waals surface area contributed by atoms with E-state index in [1.165, 1.54) is 0 Å². The SMILES string of the molecule is Cc1cc2cc(-c3ccc(C(=O)O)cc3)ccc2[nH]1. The van der Waals surface area contributed by atoms with Gasteiger partial charge in [-0.15, -0.1) is 0 Å². The highest BCUT2D eigenvalue weighted by molar-refractivity contribution is 5.89. The Kier molecular flexibility index (Phi) is 2.60. The molecule has 1 aromatic heterocycles. The molecule has 3 nitrogen and oxygen atoms in total. The number of hydrogen-bond acceptors (Lipinski definition) is 1. The number of carbonyl (C=O) groups is 1. The molecule has 19 heavy (non-hydrogen) atoms. The predicted molar refractivity (Wildman–Crippen MR) is 75.4 cm³/mol. The van der Waals surface area contributed by atoms with Crippen LogP contribution in [-0.2, 0) is 0 Å². The first-order valence-electron chi connectivity index (χ1n) is 6.06. The molecular weight excluding hydrogens is 238 g/mol. The average Bonchev–Trinajstić information content (AvgIpc) is 2.77. The lowest BCUT2D eigenvalue weighted by molar-refractivity contribution is 0.0697. The number of carboxylic acids is 1. The fourth-order valence-corrected chi connectivity index (χ4v) is 2.26. The third-order valence-corrected chi connectivity index (χ3v) is 3.22. The van der Waals surface area contributed by atoms with Gasteiger partial charge in [0.05, 0.1) is 5.56 Å². The summed E-state index contributed by atoms with van der Waals surface area (Å²) < 4.78 is 0. The monoisotopic (exact) mass is 251 g/mol. The summed E-state index contributed by atoms with van der Waals surface area (Å²) in [5, 5.41) is 10.1. The van der Waals surface area contributed by atoms with Gasteiger partial charge in [0.2, 0.25) is 0 Å². The summed E-state index contributed by atoms with van der Waals surface area (Å²) in [6, 6.07) is 15.2. The second-order valence-electron chi connectivity index (χ2n) is 4.64. The smallest absolute Gasteiger partial charge is 0.335 e. The van der Waals surface area contributed by atoms with E-state index in [-0.39, 0.29) is 0 Å². The highest BCUT2D eigenvalue weighted by Gasteiger charge is 2.04. The van der Waals surface area contributed by atoms with Gasteiger partial charge in [0.1, 0.15) is 0 Å². The molecule has 0 fully saturated rings. The first-order valence-corrected chi connectivity index (χ1v) is 6.06. The standard InChI is InChI=1S/C16H13NO2/c1-10-8-14-9-13(6-7-15(14)17-10)11-2-4-12(5-3-11)16(18)19/h2-9,17H,1H3,(H,18,19). The van der Waals surface area contributed by atoms with Crippen LogP contribution in [0.1, 0.15) is 16.1 Å². The molecule has 0 amide bonds. The molecule has 0 radical (unpaired) electrons. The Morgan fingerprint density at radius 3 is 2.37 bits per heavy atom. The number of nitrogens with one attached hydrogen (secondary N) is 1. The maximum atomic E-state index is 10.8. The van der Waals surface area contributed by atoms with Gasteiger partial charge >= 0.3 is 5.97 Å². The van der Waals surface area contributed by atoms with Gasteiger partial charge in [-0.3, -0.25) is 0 Å². The third-order valence-electron chi connectivity index (χ3n) is 3.22. The van der Waals surface area contributed by atoms with Crippen LogP contribution >= 0.6 is 0 Å². The summed E-state index contributed by atoms with van der Waals surface area (Å²) in [7, 11) is 0. The van der Waals surface area contributed by atoms with E-state index >= 15 is 0 Å². The lowest BCUT2D eigenvalue weighted by Crippen LogP contribution is -1.94. The number of aromatic amines is 1. The molecule has 1 heterocycles. The van der Waals surface area contributed by atoms with Crippen LogP contribution in [0, 0.1) is 6.92 Å². The van der Waals surface area contributed by atoms with Gasteiger partial charge in [0.15, 0.2) is 0 Å². The van der Waals surface area contributed by atoms with Crippen molar-refractivity contribution in [3.05, 3.63) is 59.8 Å². The van der Waals surface area contributed by atoms with Crippen molar-refractivity contribution in [3.8, 4) is 11.1 Å². The highest BCUT2D eigenvalue weighted by Crippen LogP contribution is 2.25. The largest absolute Gasteiger partial charge is 0.478 e. The molecule has 3 aromatic rings. The van der Waals surface area contributed by atoms with Crippen molar-refractivity contribution in [2.45, 2.75) is 6.92 Å². The molecule has 0 aliphatic heterocycles. The molecule has 2 N–H and O–H groups in total. The number of rotatable bonds is 2. The minimum atomic E-state index is -0.900. The second-order valence-corrected chi connectivity index (χ2v) is 4.64. The minimum absolute atomic E-state index is 0.308. The summed E-state index contributed by atoms with van der Waals surface area (Å²) in [6.45, 7) is 2.03. The molecule has 0 spiro atoms. The first kappa shape index (κ1) is 11.5. The fraction of sp³-hybridized carbons (Fsp3) is 0.0625. The number of carboxylic acid groups (broad SMARTS) is 1. The minimum Gasteiger partial charge on any atom is -0.478 e. The molecule has 2 aromatic carbocycles. The van der Waals surface area contributed by atoms with Gasteiger partial charge in [0.25, 0.3) is 0 Å². The quantitative estimate of drug-likeness (QED) is 0.727. The molecular formula is C16H13NO2. The van der Waals surface area contributed by atoms with Crippen LogP contribution in [0.5, 0.6) is 0 Å². The van der Waals surface area contributed by atoms with Crippen LogP contribution in [-0.4, -0.2) is 16.1 Å². The van der Waals surface area contributed by atoms with E-state index < -0.39 is 5.97 Å². The van der Waals surface area contributed by atoms with Gasteiger partial charge in [0, 0.05) is 16.6 Å². The maximum absolute atomic E-state index is 10.8. The van der Waals surface area contributed by atoms with Gasteiger partial charge in [-0.25, -0.2) is 4.79 Å². The molecule has 0 saturated heterocycles. The fourth-order valence-electron chi connectivity index (χ4n) is 2.26. The van der Waals surface area contributed by atoms with E-state index in [4.69, 9.17) is 5.11 Å². The van der Waals surface area contributed by atoms with Crippen LogP contribution in [0.2, 0.25) is 0 Å². The molecule has 3 rings (SSSR count). The number of benzene rings is 2. The summed E-state index contributed by atoms with van der Waals surface area (Å²) in [5.74, 6) is -0.900. The molecule has 0 bridgehead atoms. The van der Waals surface area contributed by atoms with Gasteiger partial charge in [-0.2, -0.15) is 0 Å². The summed E-state index contributed by atoms with van der Waals surface area (Å²) in [6.07, 6.45) is 0. The van der Waals surface area contributed by atoms with Crippen molar-refractivity contribution in [1.82, 2.24) is 4.98 Å². The number of H-pyrrole nitrogens is 1. The van der Waals surface area contributed by atoms with E-state index in [0.29, 0.717) is 5.56 Å². The van der Waals surface area contributed by atoms with Crippen molar-refractivity contribution < 1.29 is 9.90 Å². The number of fused-ring (bicyclic) bond motifs is 1. The maximum Gasteiger partial charge on any atom is 0.335 e. The molecule has 0 saturated carbocycles. The molecule has 0 unspecified atom stereocenters. The van der Waals surface area contributed by atoms with Crippen LogP contribution in [0.15, 0.2) is 48.5 Å². The van der Waals surface area contributed by atoms with Crippen LogP contribution < -0.4 is 0 Å².